The molecule has 3 rings (SSSR count). The van der Waals surface area contributed by atoms with Crippen LogP contribution in [0, 0.1) is 6.92 Å². The first-order chi connectivity index (χ1) is 12.0. The third kappa shape index (κ3) is 3.94. The lowest BCUT2D eigenvalue weighted by Crippen LogP contribution is -2.36. The summed E-state index contributed by atoms with van der Waals surface area (Å²) in [5, 5.41) is 3.79. The average Bonchev–Trinajstić information content (AvgIpc) is 3.06. The average molecular weight is 335 g/mol. The van der Waals surface area contributed by atoms with Crippen molar-refractivity contribution < 1.29 is 9.32 Å². The molecule has 5 nitrogen and oxygen atoms in total. The zero-order chi connectivity index (χ0) is 17.8. The molecule has 1 amide bonds. The van der Waals surface area contributed by atoms with Crippen molar-refractivity contribution >= 4 is 5.91 Å². The van der Waals surface area contributed by atoms with Crippen LogP contribution in [-0.2, 0) is 6.54 Å². The van der Waals surface area contributed by atoms with Gasteiger partial charge in [-0.25, -0.2) is 0 Å². The number of amides is 1. The Labute approximate surface area is 147 Å². The van der Waals surface area contributed by atoms with Gasteiger partial charge in [0.15, 0.2) is 5.82 Å². The fourth-order valence-corrected chi connectivity index (χ4v) is 2.60. The summed E-state index contributed by atoms with van der Waals surface area (Å²) in [5.41, 5.74) is 2.56. The van der Waals surface area contributed by atoms with Gasteiger partial charge in [0.1, 0.15) is 0 Å². The predicted octanol–water partition coefficient (Wildman–Crippen LogP) is 4.10. The molecule has 0 fully saturated rings. The molecule has 5 heteroatoms. The monoisotopic (exact) mass is 335 g/mol. The minimum atomic E-state index is 0.00659. The third-order valence-corrected chi connectivity index (χ3v) is 3.99. The Hall–Kier alpha value is -2.95. The van der Waals surface area contributed by atoms with Gasteiger partial charge in [0.25, 0.3) is 11.8 Å². The quantitative estimate of drug-likeness (QED) is 0.704. The van der Waals surface area contributed by atoms with Gasteiger partial charge < -0.3 is 9.42 Å². The first-order valence-electron chi connectivity index (χ1n) is 8.30. The van der Waals surface area contributed by atoms with E-state index in [1.54, 1.807) is 19.1 Å². The number of aromatic nitrogens is 2. The van der Waals surface area contributed by atoms with Crippen LogP contribution in [0.1, 0.15) is 35.6 Å². The van der Waals surface area contributed by atoms with Crippen molar-refractivity contribution in [3.8, 4) is 11.5 Å². The fraction of sp³-hybridized carbons (Fsp3) is 0.250. The number of nitrogens with zero attached hydrogens (tertiary/aromatic N) is 3. The van der Waals surface area contributed by atoms with Crippen LogP contribution >= 0.6 is 0 Å². The number of rotatable bonds is 5. The maximum absolute atomic E-state index is 12.9. The Bertz CT molecular complexity index is 839. The van der Waals surface area contributed by atoms with Gasteiger partial charge in [0.05, 0.1) is 0 Å². The van der Waals surface area contributed by atoms with Crippen LogP contribution in [0.4, 0.5) is 0 Å². The number of aryl methyl sites for hydroxylation is 1. The molecule has 2 aromatic carbocycles. The number of hydrogen-bond acceptors (Lipinski definition) is 4. The van der Waals surface area contributed by atoms with Gasteiger partial charge in [-0.15, -0.1) is 0 Å². The Morgan fingerprint density at radius 1 is 1.08 bits per heavy atom. The van der Waals surface area contributed by atoms with E-state index >= 15 is 0 Å². The van der Waals surface area contributed by atoms with Crippen LogP contribution in [0.5, 0.6) is 0 Å². The number of carbonyl (C=O) groups is 1. The molecule has 0 aliphatic carbocycles. The van der Waals surface area contributed by atoms with Crippen molar-refractivity contribution in [2.45, 2.75) is 33.4 Å². The summed E-state index contributed by atoms with van der Waals surface area (Å²) in [6, 6.07) is 17.4. The van der Waals surface area contributed by atoms with Crippen LogP contribution < -0.4 is 0 Å². The molecule has 0 unspecified atom stereocenters. The molecule has 0 aliphatic rings. The second kappa shape index (κ2) is 7.30. The number of hydrogen-bond donors (Lipinski definition) is 0. The minimum Gasteiger partial charge on any atom is -0.334 e. The normalized spacial score (nSPS) is 10.9. The molecule has 25 heavy (non-hydrogen) atoms. The van der Waals surface area contributed by atoms with Crippen LogP contribution in [0.2, 0.25) is 0 Å². The van der Waals surface area contributed by atoms with E-state index < -0.39 is 0 Å². The van der Waals surface area contributed by atoms with E-state index in [1.807, 2.05) is 61.2 Å². The van der Waals surface area contributed by atoms with Crippen molar-refractivity contribution in [1.82, 2.24) is 15.0 Å². The Kier molecular flexibility index (Phi) is 4.93. The topological polar surface area (TPSA) is 59.2 Å². The fourth-order valence-electron chi connectivity index (χ4n) is 2.60. The van der Waals surface area contributed by atoms with E-state index in [0.717, 1.165) is 11.1 Å². The summed E-state index contributed by atoms with van der Waals surface area (Å²) in [6.07, 6.45) is 0. The van der Waals surface area contributed by atoms with E-state index in [1.165, 1.54) is 0 Å². The summed E-state index contributed by atoms with van der Waals surface area (Å²) < 4.78 is 5.16. The molecule has 0 saturated heterocycles. The molecular formula is C20H21N3O2. The second-order valence-electron chi connectivity index (χ2n) is 6.24. The highest BCUT2D eigenvalue weighted by molar-refractivity contribution is 5.94. The van der Waals surface area contributed by atoms with Crippen LogP contribution in [0.25, 0.3) is 11.5 Å². The van der Waals surface area contributed by atoms with Crippen LogP contribution in [-0.4, -0.2) is 27.0 Å². The SMILES string of the molecule is Cc1noc(-c2ccc(C(=O)N(Cc3ccccc3)C(C)C)cc2)n1. The summed E-state index contributed by atoms with van der Waals surface area (Å²) >= 11 is 0. The van der Waals surface area contributed by atoms with Gasteiger partial charge in [-0.3, -0.25) is 4.79 Å². The Morgan fingerprint density at radius 2 is 1.76 bits per heavy atom. The number of carbonyl (C=O) groups excluding carboxylic acids is 1. The van der Waals surface area contributed by atoms with E-state index in [2.05, 4.69) is 10.1 Å². The van der Waals surface area contributed by atoms with Gasteiger partial charge >= 0.3 is 0 Å². The van der Waals surface area contributed by atoms with Gasteiger partial charge in [-0.1, -0.05) is 35.5 Å². The van der Waals surface area contributed by atoms with Gasteiger partial charge in [0.2, 0.25) is 0 Å². The highest BCUT2D eigenvalue weighted by atomic mass is 16.5. The molecule has 3 aromatic rings. The summed E-state index contributed by atoms with van der Waals surface area (Å²) in [4.78, 5) is 19.0. The Balaban J connectivity index is 1.80. The maximum atomic E-state index is 12.9. The standard InChI is InChI=1S/C20H21N3O2/c1-14(2)23(13-16-7-5-4-6-8-16)20(24)18-11-9-17(10-12-18)19-21-15(3)22-25-19/h4-12,14H,13H2,1-3H3. The first kappa shape index (κ1) is 16.9. The second-order valence-corrected chi connectivity index (χ2v) is 6.24. The first-order valence-corrected chi connectivity index (χ1v) is 8.30. The summed E-state index contributed by atoms with van der Waals surface area (Å²) in [5.74, 6) is 1.05. The largest absolute Gasteiger partial charge is 0.334 e. The highest BCUT2D eigenvalue weighted by Gasteiger charge is 2.19. The maximum Gasteiger partial charge on any atom is 0.257 e. The molecule has 1 heterocycles. The highest BCUT2D eigenvalue weighted by Crippen LogP contribution is 2.19. The lowest BCUT2D eigenvalue weighted by Gasteiger charge is -2.27. The van der Waals surface area contributed by atoms with Gasteiger partial charge in [-0.2, -0.15) is 4.98 Å². The molecule has 128 valence electrons. The zero-order valence-electron chi connectivity index (χ0n) is 14.6. The summed E-state index contributed by atoms with van der Waals surface area (Å²) in [6.45, 7) is 6.41. The third-order valence-electron chi connectivity index (χ3n) is 3.99. The number of benzene rings is 2. The van der Waals surface area contributed by atoms with Crippen molar-refractivity contribution in [2.24, 2.45) is 0 Å². The van der Waals surface area contributed by atoms with Crippen molar-refractivity contribution in [1.29, 1.82) is 0 Å². The molecule has 0 atom stereocenters. The van der Waals surface area contributed by atoms with Gasteiger partial charge in [-0.05, 0) is 50.6 Å². The lowest BCUT2D eigenvalue weighted by molar-refractivity contribution is 0.0690. The molecule has 0 saturated carbocycles. The van der Waals surface area contributed by atoms with Crippen LogP contribution in [0.15, 0.2) is 59.1 Å². The van der Waals surface area contributed by atoms with E-state index in [4.69, 9.17) is 4.52 Å². The molecule has 1 aromatic heterocycles. The molecule has 0 radical (unpaired) electrons. The minimum absolute atomic E-state index is 0.00659. The molecule has 0 aliphatic heterocycles. The van der Waals surface area contributed by atoms with Crippen molar-refractivity contribution in [3.63, 3.8) is 0 Å². The Morgan fingerprint density at radius 3 is 2.32 bits per heavy atom. The van der Waals surface area contributed by atoms with E-state index in [0.29, 0.717) is 23.8 Å². The molecule has 0 N–H and O–H groups in total. The van der Waals surface area contributed by atoms with E-state index in [-0.39, 0.29) is 11.9 Å². The smallest absolute Gasteiger partial charge is 0.257 e. The molecule has 0 bridgehead atoms. The van der Waals surface area contributed by atoms with Crippen LogP contribution in [0.3, 0.4) is 0 Å². The summed E-state index contributed by atoms with van der Waals surface area (Å²) in [7, 11) is 0. The zero-order valence-corrected chi connectivity index (χ0v) is 14.6. The van der Waals surface area contributed by atoms with E-state index in [9.17, 15) is 4.79 Å². The van der Waals surface area contributed by atoms with Crippen molar-refractivity contribution in [3.05, 3.63) is 71.5 Å². The van der Waals surface area contributed by atoms with Crippen molar-refractivity contribution in [2.75, 3.05) is 0 Å². The van der Waals surface area contributed by atoms with Gasteiger partial charge in [0, 0.05) is 23.7 Å². The molecule has 0 spiro atoms. The predicted molar refractivity (Wildman–Crippen MR) is 95.9 cm³/mol. The molecular weight excluding hydrogens is 314 g/mol. The lowest BCUT2D eigenvalue weighted by atomic mass is 10.1.